The summed E-state index contributed by atoms with van der Waals surface area (Å²) in [5.41, 5.74) is 5.87. The maximum absolute atomic E-state index is 11.9. The Hall–Kier alpha value is -0.900. The van der Waals surface area contributed by atoms with Gasteiger partial charge in [-0.15, -0.1) is 0 Å². The molecule has 80 valence electrons. The number of carbonyl (C=O) groups is 1. The van der Waals surface area contributed by atoms with Crippen LogP contribution in [-0.4, -0.2) is 35.8 Å². The van der Waals surface area contributed by atoms with Gasteiger partial charge in [-0.1, -0.05) is 20.3 Å². The van der Waals surface area contributed by atoms with Crippen molar-refractivity contribution in [3.63, 3.8) is 0 Å². The molecule has 0 saturated heterocycles. The van der Waals surface area contributed by atoms with E-state index in [4.69, 9.17) is 5.73 Å². The molecule has 0 aromatic heterocycles. The van der Waals surface area contributed by atoms with E-state index < -0.39 is 0 Å². The van der Waals surface area contributed by atoms with Crippen molar-refractivity contribution in [1.82, 2.24) is 4.90 Å². The number of nitrogens with two attached hydrogens (primary N) is 1. The van der Waals surface area contributed by atoms with Crippen LogP contribution in [0.15, 0.2) is 4.99 Å². The van der Waals surface area contributed by atoms with E-state index in [9.17, 15) is 4.79 Å². The maximum Gasteiger partial charge on any atom is 0.245 e. The molecule has 0 bridgehead atoms. The average Bonchev–Trinajstić information content (AvgIpc) is 2.61. The minimum atomic E-state index is -0.386. The zero-order valence-corrected chi connectivity index (χ0v) is 9.16. The highest BCUT2D eigenvalue weighted by atomic mass is 16.2. The Balaban J connectivity index is 2.61. The number of amides is 1. The lowest BCUT2D eigenvalue weighted by Gasteiger charge is -2.23. The molecule has 2 atom stereocenters. The normalized spacial score (nSPS) is 20.6. The van der Waals surface area contributed by atoms with Gasteiger partial charge in [0.2, 0.25) is 5.91 Å². The van der Waals surface area contributed by atoms with Crippen molar-refractivity contribution in [2.75, 3.05) is 13.1 Å². The number of amidine groups is 1. The SMILES string of the molecule is CCC(C)[C@H](N)C(=O)N1CCN=C1C. The number of rotatable bonds is 3. The van der Waals surface area contributed by atoms with Crippen molar-refractivity contribution >= 4 is 11.7 Å². The fourth-order valence-corrected chi connectivity index (χ4v) is 1.51. The Morgan fingerprint density at radius 3 is 2.79 bits per heavy atom. The van der Waals surface area contributed by atoms with Crippen molar-refractivity contribution in [3.05, 3.63) is 0 Å². The first-order valence-corrected chi connectivity index (χ1v) is 5.16. The summed E-state index contributed by atoms with van der Waals surface area (Å²) in [5, 5.41) is 0. The Labute approximate surface area is 85.2 Å². The van der Waals surface area contributed by atoms with Gasteiger partial charge in [0, 0.05) is 6.54 Å². The second kappa shape index (κ2) is 4.55. The molecule has 0 radical (unpaired) electrons. The summed E-state index contributed by atoms with van der Waals surface area (Å²) in [6.45, 7) is 7.31. The van der Waals surface area contributed by atoms with Crippen LogP contribution in [0, 0.1) is 5.92 Å². The van der Waals surface area contributed by atoms with Gasteiger partial charge in [-0.2, -0.15) is 0 Å². The zero-order valence-electron chi connectivity index (χ0n) is 9.16. The number of carbonyl (C=O) groups excluding carboxylic acids is 1. The smallest absolute Gasteiger partial charge is 0.245 e. The summed E-state index contributed by atoms with van der Waals surface area (Å²) < 4.78 is 0. The third kappa shape index (κ3) is 2.12. The van der Waals surface area contributed by atoms with Gasteiger partial charge in [0.15, 0.2) is 0 Å². The van der Waals surface area contributed by atoms with Gasteiger partial charge in [-0.25, -0.2) is 0 Å². The van der Waals surface area contributed by atoms with E-state index >= 15 is 0 Å². The molecule has 0 aromatic rings. The van der Waals surface area contributed by atoms with E-state index in [2.05, 4.69) is 4.99 Å². The minimum Gasteiger partial charge on any atom is -0.320 e. The number of hydrogen-bond donors (Lipinski definition) is 1. The number of aliphatic imine (C=N–C) groups is 1. The van der Waals surface area contributed by atoms with Crippen LogP contribution in [0.2, 0.25) is 0 Å². The monoisotopic (exact) mass is 197 g/mol. The Morgan fingerprint density at radius 1 is 1.71 bits per heavy atom. The van der Waals surface area contributed by atoms with E-state index in [0.717, 1.165) is 12.3 Å². The fourth-order valence-electron chi connectivity index (χ4n) is 1.51. The quantitative estimate of drug-likeness (QED) is 0.721. The van der Waals surface area contributed by atoms with Crippen molar-refractivity contribution in [2.45, 2.75) is 33.2 Å². The summed E-state index contributed by atoms with van der Waals surface area (Å²) in [6.07, 6.45) is 0.928. The molecule has 1 heterocycles. The topological polar surface area (TPSA) is 58.7 Å². The lowest BCUT2D eigenvalue weighted by molar-refractivity contribution is -0.129. The third-order valence-electron chi connectivity index (χ3n) is 2.86. The lowest BCUT2D eigenvalue weighted by Crippen LogP contribution is -2.47. The summed E-state index contributed by atoms with van der Waals surface area (Å²) in [7, 11) is 0. The van der Waals surface area contributed by atoms with E-state index in [1.807, 2.05) is 20.8 Å². The van der Waals surface area contributed by atoms with Crippen LogP contribution in [0.5, 0.6) is 0 Å². The molecule has 14 heavy (non-hydrogen) atoms. The van der Waals surface area contributed by atoms with Crippen LogP contribution in [0.3, 0.4) is 0 Å². The predicted octanol–water partition coefficient (Wildman–Crippen LogP) is 0.620. The molecule has 1 aliphatic heterocycles. The summed E-state index contributed by atoms with van der Waals surface area (Å²) in [6, 6.07) is -0.386. The van der Waals surface area contributed by atoms with Gasteiger partial charge in [0.25, 0.3) is 0 Å². The van der Waals surface area contributed by atoms with E-state index in [0.29, 0.717) is 13.1 Å². The molecule has 0 fully saturated rings. The first-order chi connectivity index (χ1) is 6.57. The average molecular weight is 197 g/mol. The lowest BCUT2D eigenvalue weighted by atomic mass is 9.99. The molecule has 0 aromatic carbocycles. The van der Waals surface area contributed by atoms with Gasteiger partial charge in [-0.3, -0.25) is 14.7 Å². The molecule has 0 saturated carbocycles. The van der Waals surface area contributed by atoms with Gasteiger partial charge < -0.3 is 5.73 Å². The summed E-state index contributed by atoms with van der Waals surface area (Å²) >= 11 is 0. The van der Waals surface area contributed by atoms with E-state index in [-0.39, 0.29) is 17.9 Å². The highest BCUT2D eigenvalue weighted by molar-refractivity contribution is 6.00. The standard InChI is InChI=1S/C10H19N3O/c1-4-7(2)9(11)10(14)13-6-5-12-8(13)3/h7,9H,4-6,11H2,1-3H3/t7?,9-/m0/s1. The molecule has 1 aliphatic rings. The highest BCUT2D eigenvalue weighted by Crippen LogP contribution is 2.11. The molecular weight excluding hydrogens is 178 g/mol. The van der Waals surface area contributed by atoms with Crippen LogP contribution >= 0.6 is 0 Å². The Kier molecular flexibility index (Phi) is 3.63. The molecule has 2 N–H and O–H groups in total. The second-order valence-electron chi connectivity index (χ2n) is 3.83. The van der Waals surface area contributed by atoms with Crippen molar-refractivity contribution in [2.24, 2.45) is 16.6 Å². The maximum atomic E-state index is 11.9. The molecule has 1 unspecified atom stereocenters. The molecule has 4 heteroatoms. The van der Waals surface area contributed by atoms with Crippen LogP contribution in [-0.2, 0) is 4.79 Å². The number of nitrogens with zero attached hydrogens (tertiary/aromatic N) is 2. The first kappa shape index (κ1) is 11.2. The zero-order chi connectivity index (χ0) is 10.7. The largest absolute Gasteiger partial charge is 0.320 e. The van der Waals surface area contributed by atoms with Gasteiger partial charge in [-0.05, 0) is 12.8 Å². The van der Waals surface area contributed by atoms with Crippen molar-refractivity contribution in [1.29, 1.82) is 0 Å². The highest BCUT2D eigenvalue weighted by Gasteiger charge is 2.28. The third-order valence-corrected chi connectivity index (χ3v) is 2.86. The molecule has 1 rings (SSSR count). The van der Waals surface area contributed by atoms with Crippen molar-refractivity contribution in [3.8, 4) is 0 Å². The van der Waals surface area contributed by atoms with Gasteiger partial charge >= 0.3 is 0 Å². The summed E-state index contributed by atoms with van der Waals surface area (Å²) in [4.78, 5) is 17.7. The molecule has 0 aliphatic carbocycles. The number of hydrogen-bond acceptors (Lipinski definition) is 3. The summed E-state index contributed by atoms with van der Waals surface area (Å²) in [5.74, 6) is 1.04. The molecule has 4 nitrogen and oxygen atoms in total. The van der Waals surface area contributed by atoms with Crippen molar-refractivity contribution < 1.29 is 4.79 Å². The fraction of sp³-hybridized carbons (Fsp3) is 0.800. The van der Waals surface area contributed by atoms with Gasteiger partial charge in [0.1, 0.15) is 5.84 Å². The van der Waals surface area contributed by atoms with Crippen LogP contribution < -0.4 is 5.73 Å². The molecule has 1 amide bonds. The first-order valence-electron chi connectivity index (χ1n) is 5.16. The Morgan fingerprint density at radius 2 is 2.36 bits per heavy atom. The van der Waals surface area contributed by atoms with Crippen LogP contribution in [0.1, 0.15) is 27.2 Å². The predicted molar refractivity (Wildman–Crippen MR) is 57.1 cm³/mol. The molecule has 0 spiro atoms. The minimum absolute atomic E-state index is 0.0121. The van der Waals surface area contributed by atoms with Crippen LogP contribution in [0.25, 0.3) is 0 Å². The van der Waals surface area contributed by atoms with Crippen LogP contribution in [0.4, 0.5) is 0 Å². The van der Waals surface area contributed by atoms with E-state index in [1.54, 1.807) is 4.90 Å². The second-order valence-corrected chi connectivity index (χ2v) is 3.83. The van der Waals surface area contributed by atoms with E-state index in [1.165, 1.54) is 0 Å². The van der Waals surface area contributed by atoms with Gasteiger partial charge in [0.05, 0.1) is 12.6 Å². The molecular formula is C10H19N3O. The Bertz CT molecular complexity index is 250.